The third-order valence-electron chi connectivity index (χ3n) is 4.39. The van der Waals surface area contributed by atoms with Gasteiger partial charge in [-0.3, -0.25) is 9.59 Å². The van der Waals surface area contributed by atoms with E-state index in [-0.39, 0.29) is 30.9 Å². The fourth-order valence-electron chi connectivity index (χ4n) is 2.73. The van der Waals surface area contributed by atoms with Crippen LogP contribution in [0.5, 0.6) is 5.75 Å². The molecule has 2 aromatic carbocycles. The molecule has 1 heterocycles. The highest BCUT2D eigenvalue weighted by Crippen LogP contribution is 2.27. The second-order valence-corrected chi connectivity index (χ2v) is 6.15. The van der Waals surface area contributed by atoms with Gasteiger partial charge in [0, 0.05) is 5.56 Å². The highest BCUT2D eigenvalue weighted by atomic mass is 16.5. The van der Waals surface area contributed by atoms with Crippen molar-refractivity contribution in [1.29, 1.82) is 0 Å². The predicted octanol–water partition coefficient (Wildman–Crippen LogP) is 3.28. The van der Waals surface area contributed by atoms with Crippen molar-refractivity contribution in [1.82, 2.24) is 0 Å². The lowest BCUT2D eigenvalue weighted by molar-refractivity contribution is -0.148. The molecule has 1 aliphatic rings. The summed E-state index contributed by atoms with van der Waals surface area (Å²) in [6.07, 6.45) is 0.576. The summed E-state index contributed by atoms with van der Waals surface area (Å²) in [7, 11) is 0. The SMILES string of the molecule is Cc1ccc(C(=O)COC(=O)[C@@H]2COc3ccccc3C2)cc1C. The quantitative estimate of drug-likeness (QED) is 0.640. The van der Waals surface area contributed by atoms with Gasteiger partial charge in [0.1, 0.15) is 12.4 Å². The van der Waals surface area contributed by atoms with Crippen molar-refractivity contribution in [2.24, 2.45) is 5.92 Å². The van der Waals surface area contributed by atoms with E-state index < -0.39 is 0 Å². The van der Waals surface area contributed by atoms with E-state index in [0.29, 0.717) is 12.0 Å². The average Bonchev–Trinajstić information content (AvgIpc) is 2.61. The number of carbonyl (C=O) groups is 2. The van der Waals surface area contributed by atoms with E-state index in [1.165, 1.54) is 0 Å². The Kier molecular flexibility index (Phi) is 4.65. The maximum absolute atomic E-state index is 12.2. The molecule has 1 atom stereocenters. The fourth-order valence-corrected chi connectivity index (χ4v) is 2.73. The standard InChI is InChI=1S/C20H20O4/c1-13-7-8-15(9-14(13)2)18(21)12-24-20(22)17-10-16-5-3-4-6-19(16)23-11-17/h3-9,17H,10-12H2,1-2H3/t17-/m0/s1. The number of esters is 1. The smallest absolute Gasteiger partial charge is 0.313 e. The summed E-state index contributed by atoms with van der Waals surface area (Å²) in [4.78, 5) is 24.4. The van der Waals surface area contributed by atoms with Crippen LogP contribution in [0.3, 0.4) is 0 Å². The molecule has 4 heteroatoms. The van der Waals surface area contributed by atoms with Crippen molar-refractivity contribution in [2.45, 2.75) is 20.3 Å². The zero-order valence-electron chi connectivity index (χ0n) is 13.9. The molecule has 124 valence electrons. The van der Waals surface area contributed by atoms with Crippen molar-refractivity contribution in [3.8, 4) is 5.75 Å². The van der Waals surface area contributed by atoms with Crippen LogP contribution in [0.2, 0.25) is 0 Å². The van der Waals surface area contributed by atoms with E-state index in [2.05, 4.69) is 0 Å². The normalized spacial score (nSPS) is 16.0. The number of Topliss-reactive ketones (excluding diaryl/α,β-unsaturated/α-hetero) is 1. The van der Waals surface area contributed by atoms with Crippen LogP contribution in [0.1, 0.15) is 27.0 Å². The minimum atomic E-state index is -0.387. The summed E-state index contributed by atoms with van der Waals surface area (Å²) in [6, 6.07) is 13.1. The summed E-state index contributed by atoms with van der Waals surface area (Å²) in [5.41, 5.74) is 3.73. The fraction of sp³-hybridized carbons (Fsp3) is 0.300. The number of rotatable bonds is 4. The molecule has 3 rings (SSSR count). The van der Waals surface area contributed by atoms with Crippen LogP contribution in [0.4, 0.5) is 0 Å². The molecule has 0 aliphatic carbocycles. The molecule has 0 spiro atoms. The second kappa shape index (κ2) is 6.87. The van der Waals surface area contributed by atoms with E-state index in [4.69, 9.17) is 9.47 Å². The highest BCUT2D eigenvalue weighted by molar-refractivity contribution is 5.98. The van der Waals surface area contributed by atoms with Gasteiger partial charge in [-0.1, -0.05) is 30.3 Å². The lowest BCUT2D eigenvalue weighted by Gasteiger charge is -2.23. The van der Waals surface area contributed by atoms with Crippen molar-refractivity contribution in [3.05, 3.63) is 64.7 Å². The molecule has 0 bridgehead atoms. The van der Waals surface area contributed by atoms with Gasteiger partial charge < -0.3 is 9.47 Å². The first-order valence-corrected chi connectivity index (χ1v) is 8.02. The lowest BCUT2D eigenvalue weighted by Crippen LogP contribution is -2.31. The topological polar surface area (TPSA) is 52.6 Å². The molecule has 2 aromatic rings. The van der Waals surface area contributed by atoms with Crippen LogP contribution in [0.15, 0.2) is 42.5 Å². The molecule has 0 radical (unpaired) electrons. The van der Waals surface area contributed by atoms with E-state index in [1.807, 2.05) is 50.2 Å². The van der Waals surface area contributed by atoms with Crippen molar-refractivity contribution >= 4 is 11.8 Å². The van der Waals surface area contributed by atoms with Gasteiger partial charge in [-0.05, 0) is 49.1 Å². The van der Waals surface area contributed by atoms with E-state index >= 15 is 0 Å². The first-order valence-electron chi connectivity index (χ1n) is 8.02. The number of ether oxygens (including phenoxy) is 2. The Hall–Kier alpha value is -2.62. The number of fused-ring (bicyclic) bond motifs is 1. The zero-order valence-corrected chi connectivity index (χ0v) is 13.9. The monoisotopic (exact) mass is 324 g/mol. The molecule has 0 saturated heterocycles. The molecular formula is C20H20O4. The van der Waals surface area contributed by atoms with Gasteiger partial charge in [-0.2, -0.15) is 0 Å². The third-order valence-corrected chi connectivity index (χ3v) is 4.39. The minimum absolute atomic E-state index is 0.191. The molecule has 0 amide bonds. The first kappa shape index (κ1) is 16.2. The van der Waals surface area contributed by atoms with Gasteiger partial charge in [0.25, 0.3) is 0 Å². The molecule has 0 saturated carbocycles. The van der Waals surface area contributed by atoms with Crippen molar-refractivity contribution < 1.29 is 19.1 Å². The average molecular weight is 324 g/mol. The highest BCUT2D eigenvalue weighted by Gasteiger charge is 2.27. The Labute approximate surface area is 141 Å². The second-order valence-electron chi connectivity index (χ2n) is 6.15. The number of hydrogen-bond donors (Lipinski definition) is 0. The largest absolute Gasteiger partial charge is 0.492 e. The Morgan fingerprint density at radius 3 is 2.71 bits per heavy atom. The molecule has 0 N–H and O–H groups in total. The van der Waals surface area contributed by atoms with Crippen molar-refractivity contribution in [3.63, 3.8) is 0 Å². The van der Waals surface area contributed by atoms with Crippen molar-refractivity contribution in [2.75, 3.05) is 13.2 Å². The molecule has 0 unspecified atom stereocenters. The molecule has 24 heavy (non-hydrogen) atoms. The number of hydrogen-bond acceptors (Lipinski definition) is 4. The zero-order chi connectivity index (χ0) is 17.1. The number of aryl methyl sites for hydroxylation is 2. The van der Waals surface area contributed by atoms with E-state index in [0.717, 1.165) is 22.4 Å². The Morgan fingerprint density at radius 2 is 1.92 bits per heavy atom. The predicted molar refractivity (Wildman–Crippen MR) is 90.3 cm³/mol. The number of benzene rings is 2. The maximum atomic E-state index is 12.2. The summed E-state index contributed by atoms with van der Waals surface area (Å²) >= 11 is 0. The van der Waals surface area contributed by atoms with Crippen LogP contribution < -0.4 is 4.74 Å². The van der Waals surface area contributed by atoms with Crippen LogP contribution in [-0.2, 0) is 16.0 Å². The van der Waals surface area contributed by atoms with Crippen LogP contribution in [-0.4, -0.2) is 25.0 Å². The molecular weight excluding hydrogens is 304 g/mol. The van der Waals surface area contributed by atoms with Gasteiger partial charge in [0.15, 0.2) is 12.4 Å². The number of ketones is 1. The Bertz CT molecular complexity index is 779. The molecule has 1 aliphatic heterocycles. The van der Waals surface area contributed by atoms with Gasteiger partial charge >= 0.3 is 5.97 Å². The van der Waals surface area contributed by atoms with Gasteiger partial charge in [0.2, 0.25) is 0 Å². The van der Waals surface area contributed by atoms with E-state index in [9.17, 15) is 9.59 Å². The molecule has 4 nitrogen and oxygen atoms in total. The Balaban J connectivity index is 1.58. The van der Waals surface area contributed by atoms with Gasteiger partial charge in [-0.15, -0.1) is 0 Å². The maximum Gasteiger partial charge on any atom is 0.313 e. The summed E-state index contributed by atoms with van der Waals surface area (Å²) in [5, 5.41) is 0. The van der Waals surface area contributed by atoms with E-state index in [1.54, 1.807) is 6.07 Å². The summed E-state index contributed by atoms with van der Waals surface area (Å²) in [6.45, 7) is 3.99. The molecule has 0 aromatic heterocycles. The van der Waals surface area contributed by atoms with Gasteiger partial charge in [-0.25, -0.2) is 0 Å². The number of para-hydroxylation sites is 1. The summed E-state index contributed by atoms with van der Waals surface area (Å²) in [5.74, 6) is -0.134. The third kappa shape index (κ3) is 3.48. The first-order chi connectivity index (χ1) is 11.5. The van der Waals surface area contributed by atoms with Gasteiger partial charge in [0.05, 0.1) is 5.92 Å². The van der Waals surface area contributed by atoms with Crippen LogP contribution >= 0.6 is 0 Å². The molecule has 0 fully saturated rings. The number of carbonyl (C=O) groups excluding carboxylic acids is 2. The minimum Gasteiger partial charge on any atom is -0.492 e. The lowest BCUT2D eigenvalue weighted by atomic mass is 9.97. The Morgan fingerprint density at radius 1 is 1.12 bits per heavy atom. The van der Waals surface area contributed by atoms with Crippen LogP contribution in [0, 0.1) is 19.8 Å². The summed E-state index contributed by atoms with van der Waals surface area (Å²) < 4.78 is 10.8. The van der Waals surface area contributed by atoms with Crippen LogP contribution in [0.25, 0.3) is 0 Å².